The quantitative estimate of drug-likeness (QED) is 0.490. The first-order chi connectivity index (χ1) is 11.2. The Balaban J connectivity index is 0.00000208. The van der Waals surface area contributed by atoms with Gasteiger partial charge < -0.3 is 4.57 Å². The van der Waals surface area contributed by atoms with Crippen molar-refractivity contribution in [1.29, 1.82) is 0 Å². The second kappa shape index (κ2) is 8.27. The Labute approximate surface area is 157 Å². The zero-order valence-electron chi connectivity index (χ0n) is 13.9. The van der Waals surface area contributed by atoms with Crippen LogP contribution in [-0.4, -0.2) is 4.57 Å². The van der Waals surface area contributed by atoms with Crippen LogP contribution in [0.1, 0.15) is 11.1 Å². The maximum Gasteiger partial charge on any atom is 0.190 e. The molecule has 0 amide bonds. The maximum atomic E-state index is 4.90. The molecule has 0 spiro atoms. The molecule has 3 rings (SSSR count). The summed E-state index contributed by atoms with van der Waals surface area (Å²) < 4.78 is 2.22. The van der Waals surface area contributed by atoms with E-state index in [9.17, 15) is 0 Å². The van der Waals surface area contributed by atoms with E-state index in [1.165, 1.54) is 22.4 Å². The maximum absolute atomic E-state index is 4.90. The monoisotopic (exact) mass is 400 g/mol. The Kier molecular flexibility index (Phi) is 6.35. The highest BCUT2D eigenvalue weighted by Gasteiger charge is 2.07. The van der Waals surface area contributed by atoms with Gasteiger partial charge in [-0.1, -0.05) is 48.5 Å². The number of allylic oxidation sites excluding steroid dienone is 1. The molecule has 0 unspecified atom stereocenters. The topological polar surface area (TPSA) is 17.3 Å². The van der Waals surface area contributed by atoms with Crippen LogP contribution in [0.4, 0.5) is 5.69 Å². The minimum absolute atomic E-state index is 0. The van der Waals surface area contributed by atoms with E-state index in [4.69, 9.17) is 4.99 Å². The predicted molar refractivity (Wildman–Crippen MR) is 109 cm³/mol. The lowest BCUT2D eigenvalue weighted by molar-refractivity contribution is 0.800. The van der Waals surface area contributed by atoms with Gasteiger partial charge in [0.2, 0.25) is 0 Å². The molecule has 1 heterocycles. The van der Waals surface area contributed by atoms with E-state index in [2.05, 4.69) is 72.8 Å². The first-order valence-corrected chi connectivity index (χ1v) is 8.54. The number of hydrogen-bond donors (Lipinski definition) is 0. The first kappa shape index (κ1) is 18.4. The molecule has 0 bridgehead atoms. The molecule has 124 valence electrons. The third-order valence-corrected chi connectivity index (χ3v) is 4.83. The molecule has 0 atom stereocenters. The summed E-state index contributed by atoms with van der Waals surface area (Å²) >= 11 is 1.67. The van der Waals surface area contributed by atoms with Gasteiger partial charge in [0.05, 0.1) is 11.4 Å². The van der Waals surface area contributed by atoms with Crippen molar-refractivity contribution in [3.05, 3.63) is 82.5 Å². The summed E-state index contributed by atoms with van der Waals surface area (Å²) in [5.41, 5.74) is 5.91. The molecule has 0 N–H and O–H groups in total. The number of aryl methyl sites for hydroxylation is 1. The van der Waals surface area contributed by atoms with E-state index in [0.717, 1.165) is 17.0 Å². The standard InChI is InChI=1S/C20H20N2S.BrH/c1-4-13-22-19(17-10-6-5-7-11-17)14-23-20(22)21-18-12-8-9-15(2)16(18)3;/h4-12,14H,1,13H2,2-3H3;1H. The van der Waals surface area contributed by atoms with Crippen LogP contribution in [0.3, 0.4) is 0 Å². The van der Waals surface area contributed by atoms with Crippen molar-refractivity contribution < 1.29 is 0 Å². The van der Waals surface area contributed by atoms with E-state index < -0.39 is 0 Å². The summed E-state index contributed by atoms with van der Waals surface area (Å²) in [6.07, 6.45) is 1.92. The molecule has 0 saturated heterocycles. The second-order valence-electron chi connectivity index (χ2n) is 5.50. The SMILES string of the molecule is Br.C=CCn1c(-c2ccccc2)csc1=Nc1cccc(C)c1C. The average molecular weight is 401 g/mol. The van der Waals surface area contributed by atoms with Gasteiger partial charge in [0.1, 0.15) is 0 Å². The smallest absolute Gasteiger partial charge is 0.190 e. The molecule has 2 aromatic carbocycles. The lowest BCUT2D eigenvalue weighted by atomic mass is 10.1. The number of nitrogens with zero attached hydrogens (tertiary/aromatic N) is 2. The summed E-state index contributed by atoms with van der Waals surface area (Å²) in [4.78, 5) is 5.90. The molecule has 0 aliphatic heterocycles. The highest BCUT2D eigenvalue weighted by atomic mass is 79.9. The molecule has 0 radical (unpaired) electrons. The molecular formula is C20H21BrN2S. The zero-order chi connectivity index (χ0) is 16.2. The number of hydrogen-bond acceptors (Lipinski definition) is 2. The molecule has 2 nitrogen and oxygen atoms in total. The van der Waals surface area contributed by atoms with Gasteiger partial charge in [-0.25, -0.2) is 4.99 Å². The molecule has 4 heteroatoms. The zero-order valence-corrected chi connectivity index (χ0v) is 16.4. The van der Waals surface area contributed by atoms with Crippen molar-refractivity contribution in [2.45, 2.75) is 20.4 Å². The van der Waals surface area contributed by atoms with Crippen LogP contribution in [-0.2, 0) is 6.54 Å². The van der Waals surface area contributed by atoms with Crippen LogP contribution in [0, 0.1) is 13.8 Å². The highest BCUT2D eigenvalue weighted by molar-refractivity contribution is 8.93. The van der Waals surface area contributed by atoms with E-state index in [1.807, 2.05) is 12.1 Å². The van der Waals surface area contributed by atoms with Crippen molar-refractivity contribution in [3.8, 4) is 11.3 Å². The number of rotatable bonds is 4. The lowest BCUT2D eigenvalue weighted by Crippen LogP contribution is -2.14. The van der Waals surface area contributed by atoms with Crippen LogP contribution in [0.2, 0.25) is 0 Å². The first-order valence-electron chi connectivity index (χ1n) is 7.66. The minimum Gasteiger partial charge on any atom is -0.313 e. The Morgan fingerprint density at radius 1 is 1.08 bits per heavy atom. The van der Waals surface area contributed by atoms with Gasteiger partial charge in [0.25, 0.3) is 0 Å². The number of thiazole rings is 1. The second-order valence-corrected chi connectivity index (χ2v) is 6.34. The van der Waals surface area contributed by atoms with Gasteiger partial charge in [0.15, 0.2) is 4.80 Å². The Morgan fingerprint density at radius 2 is 1.83 bits per heavy atom. The van der Waals surface area contributed by atoms with Gasteiger partial charge in [-0.3, -0.25) is 0 Å². The fraction of sp³-hybridized carbons (Fsp3) is 0.150. The average Bonchev–Trinajstić information content (AvgIpc) is 2.96. The van der Waals surface area contributed by atoms with Gasteiger partial charge in [-0.05, 0) is 36.6 Å². The van der Waals surface area contributed by atoms with E-state index in [-0.39, 0.29) is 17.0 Å². The van der Waals surface area contributed by atoms with Gasteiger partial charge >= 0.3 is 0 Å². The summed E-state index contributed by atoms with van der Waals surface area (Å²) in [5.74, 6) is 0. The molecule has 24 heavy (non-hydrogen) atoms. The molecule has 3 aromatic rings. The van der Waals surface area contributed by atoms with E-state index in [0.29, 0.717) is 0 Å². The van der Waals surface area contributed by atoms with Crippen LogP contribution in [0.5, 0.6) is 0 Å². The molecule has 0 aliphatic rings. The minimum atomic E-state index is 0. The number of halogens is 1. The summed E-state index contributed by atoms with van der Waals surface area (Å²) in [6, 6.07) is 16.7. The lowest BCUT2D eigenvalue weighted by Gasteiger charge is -2.07. The third kappa shape index (κ3) is 3.77. The fourth-order valence-electron chi connectivity index (χ4n) is 2.52. The number of aromatic nitrogens is 1. The number of benzene rings is 2. The third-order valence-electron chi connectivity index (χ3n) is 3.97. The Hall–Kier alpha value is -1.91. The van der Waals surface area contributed by atoms with Crippen molar-refractivity contribution in [2.24, 2.45) is 4.99 Å². The van der Waals surface area contributed by atoms with Crippen molar-refractivity contribution in [2.75, 3.05) is 0 Å². The van der Waals surface area contributed by atoms with Crippen LogP contribution < -0.4 is 4.80 Å². The molecule has 0 fully saturated rings. The van der Waals surface area contributed by atoms with E-state index in [1.54, 1.807) is 11.3 Å². The normalized spacial score (nSPS) is 11.2. The van der Waals surface area contributed by atoms with Gasteiger partial charge in [-0.2, -0.15) is 0 Å². The Bertz CT molecular complexity index is 892. The fourth-order valence-corrected chi connectivity index (χ4v) is 3.46. The van der Waals surface area contributed by atoms with Crippen LogP contribution in [0.15, 0.2) is 71.6 Å². The van der Waals surface area contributed by atoms with E-state index >= 15 is 0 Å². The van der Waals surface area contributed by atoms with Gasteiger partial charge in [-0.15, -0.1) is 34.9 Å². The molecule has 1 aromatic heterocycles. The van der Waals surface area contributed by atoms with Crippen molar-refractivity contribution in [1.82, 2.24) is 4.57 Å². The molecule has 0 aliphatic carbocycles. The summed E-state index contributed by atoms with van der Waals surface area (Å²) in [7, 11) is 0. The van der Waals surface area contributed by atoms with Crippen LogP contribution in [0.25, 0.3) is 11.3 Å². The summed E-state index contributed by atoms with van der Waals surface area (Å²) in [5, 5.41) is 2.17. The Morgan fingerprint density at radius 3 is 2.54 bits per heavy atom. The highest BCUT2D eigenvalue weighted by Crippen LogP contribution is 2.23. The predicted octanol–water partition coefficient (Wildman–Crippen LogP) is 5.83. The summed E-state index contributed by atoms with van der Waals surface area (Å²) in [6.45, 7) is 8.88. The van der Waals surface area contributed by atoms with Crippen molar-refractivity contribution >= 4 is 34.0 Å². The van der Waals surface area contributed by atoms with Crippen LogP contribution >= 0.6 is 28.3 Å². The molecular weight excluding hydrogens is 380 g/mol. The van der Waals surface area contributed by atoms with Crippen molar-refractivity contribution in [3.63, 3.8) is 0 Å². The molecule has 0 saturated carbocycles. The largest absolute Gasteiger partial charge is 0.313 e. The van der Waals surface area contributed by atoms with Gasteiger partial charge in [0, 0.05) is 11.9 Å².